The second kappa shape index (κ2) is 4.81. The molecule has 2 amide bonds. The molecule has 1 heterocycles. The summed E-state index contributed by atoms with van der Waals surface area (Å²) in [7, 11) is 0. The van der Waals surface area contributed by atoms with E-state index in [2.05, 4.69) is 20.6 Å². The van der Waals surface area contributed by atoms with Crippen LogP contribution >= 0.6 is 0 Å². The van der Waals surface area contributed by atoms with Gasteiger partial charge in [0.15, 0.2) is 0 Å². The lowest BCUT2D eigenvalue weighted by atomic mass is 10.1. The third kappa shape index (κ3) is 2.40. The van der Waals surface area contributed by atoms with E-state index < -0.39 is 0 Å². The maximum atomic E-state index is 11.8. The molecule has 94 valence electrons. The molecule has 3 aromatic rings. The van der Waals surface area contributed by atoms with Gasteiger partial charge in [-0.15, -0.1) is 0 Å². The van der Waals surface area contributed by atoms with Crippen LogP contribution in [-0.2, 0) is 0 Å². The SMILES string of the molecule is O=C(Nc1ncc[nH]1)Nc1cccc2ccccc12. The molecule has 0 saturated carbocycles. The lowest BCUT2D eigenvalue weighted by Crippen LogP contribution is -2.20. The first-order valence-electron chi connectivity index (χ1n) is 5.88. The van der Waals surface area contributed by atoms with Gasteiger partial charge in [0.1, 0.15) is 0 Å². The number of benzene rings is 2. The molecule has 0 radical (unpaired) electrons. The molecule has 0 aliphatic carbocycles. The molecular formula is C14H12N4O. The summed E-state index contributed by atoms with van der Waals surface area (Å²) in [5.74, 6) is 0.415. The maximum absolute atomic E-state index is 11.8. The van der Waals surface area contributed by atoms with Crippen LogP contribution in [0.1, 0.15) is 0 Å². The van der Waals surface area contributed by atoms with Crippen LogP contribution in [0.5, 0.6) is 0 Å². The van der Waals surface area contributed by atoms with Crippen LogP contribution in [0.15, 0.2) is 54.9 Å². The predicted octanol–water partition coefficient (Wildman–Crippen LogP) is 3.21. The third-order valence-corrected chi connectivity index (χ3v) is 2.77. The largest absolute Gasteiger partial charge is 0.331 e. The molecule has 1 aromatic heterocycles. The molecule has 0 saturated heterocycles. The highest BCUT2D eigenvalue weighted by molar-refractivity contribution is 6.05. The number of aromatic nitrogens is 2. The van der Waals surface area contributed by atoms with Crippen LogP contribution in [-0.4, -0.2) is 16.0 Å². The summed E-state index contributed by atoms with van der Waals surface area (Å²) in [4.78, 5) is 18.6. The summed E-state index contributed by atoms with van der Waals surface area (Å²) in [6.07, 6.45) is 3.22. The van der Waals surface area contributed by atoms with Crippen molar-refractivity contribution in [2.45, 2.75) is 0 Å². The Morgan fingerprint density at radius 3 is 2.74 bits per heavy atom. The average Bonchev–Trinajstić information content (AvgIpc) is 2.92. The summed E-state index contributed by atoms with van der Waals surface area (Å²) in [5.41, 5.74) is 0.766. The monoisotopic (exact) mass is 252 g/mol. The first-order chi connectivity index (χ1) is 9.33. The van der Waals surface area contributed by atoms with Crippen LogP contribution in [0.3, 0.4) is 0 Å². The number of hydrogen-bond acceptors (Lipinski definition) is 2. The lowest BCUT2D eigenvalue weighted by molar-refractivity contribution is 0.262. The van der Waals surface area contributed by atoms with Crippen LogP contribution in [0.25, 0.3) is 10.8 Å². The van der Waals surface area contributed by atoms with E-state index in [4.69, 9.17) is 0 Å². The normalized spacial score (nSPS) is 10.3. The number of aromatic amines is 1. The zero-order valence-electron chi connectivity index (χ0n) is 10.1. The number of imidazole rings is 1. The molecule has 0 fully saturated rings. The number of hydrogen-bond donors (Lipinski definition) is 3. The molecule has 0 atom stereocenters. The molecular weight excluding hydrogens is 240 g/mol. The fourth-order valence-corrected chi connectivity index (χ4v) is 1.93. The zero-order valence-corrected chi connectivity index (χ0v) is 10.1. The Bertz CT molecular complexity index is 701. The first kappa shape index (κ1) is 11.3. The molecule has 5 nitrogen and oxygen atoms in total. The Kier molecular flexibility index (Phi) is 2.86. The van der Waals surface area contributed by atoms with Gasteiger partial charge in [-0.25, -0.2) is 9.78 Å². The second-order valence-corrected chi connectivity index (χ2v) is 4.04. The van der Waals surface area contributed by atoms with Crippen LogP contribution in [0, 0.1) is 0 Å². The van der Waals surface area contributed by atoms with Crippen LogP contribution in [0.4, 0.5) is 16.4 Å². The van der Waals surface area contributed by atoms with Gasteiger partial charge in [0.2, 0.25) is 5.95 Å². The van der Waals surface area contributed by atoms with Crippen molar-refractivity contribution in [2.75, 3.05) is 10.6 Å². The standard InChI is InChI=1S/C14H12N4O/c19-14(18-13-15-8-9-16-13)17-12-7-3-5-10-4-1-2-6-11(10)12/h1-9H,(H3,15,16,17,18,19). The van der Waals surface area contributed by atoms with E-state index in [1.54, 1.807) is 12.4 Å². The van der Waals surface area contributed by atoms with Gasteiger partial charge in [-0.3, -0.25) is 5.32 Å². The van der Waals surface area contributed by atoms with Gasteiger partial charge in [0.25, 0.3) is 0 Å². The second-order valence-electron chi connectivity index (χ2n) is 4.04. The Morgan fingerprint density at radius 2 is 1.89 bits per heavy atom. The van der Waals surface area contributed by atoms with Crippen molar-refractivity contribution >= 4 is 28.4 Å². The number of rotatable bonds is 2. The minimum atomic E-state index is -0.327. The summed E-state index contributed by atoms with van der Waals surface area (Å²) in [6.45, 7) is 0. The molecule has 19 heavy (non-hydrogen) atoms. The van der Waals surface area contributed by atoms with Gasteiger partial charge in [-0.05, 0) is 11.5 Å². The highest BCUT2D eigenvalue weighted by atomic mass is 16.2. The quantitative estimate of drug-likeness (QED) is 0.655. The number of carbonyl (C=O) groups excluding carboxylic acids is 1. The van der Waals surface area contributed by atoms with Gasteiger partial charge in [0.05, 0.1) is 5.69 Å². The number of nitrogens with one attached hydrogen (secondary N) is 3. The summed E-state index contributed by atoms with van der Waals surface area (Å²) in [5, 5.41) is 7.51. The lowest BCUT2D eigenvalue weighted by Gasteiger charge is -2.08. The van der Waals surface area contributed by atoms with Gasteiger partial charge in [-0.2, -0.15) is 0 Å². The minimum Gasteiger partial charge on any atom is -0.331 e. The summed E-state index contributed by atoms with van der Waals surface area (Å²) < 4.78 is 0. The van der Waals surface area contributed by atoms with Crippen LogP contribution < -0.4 is 10.6 Å². The predicted molar refractivity (Wildman–Crippen MR) is 75.2 cm³/mol. The Balaban J connectivity index is 1.83. The molecule has 3 N–H and O–H groups in total. The smallest absolute Gasteiger partial charge is 0.326 e. The first-order valence-corrected chi connectivity index (χ1v) is 5.88. The van der Waals surface area contributed by atoms with Gasteiger partial charge in [-0.1, -0.05) is 36.4 Å². The van der Waals surface area contributed by atoms with Crippen molar-refractivity contribution in [3.63, 3.8) is 0 Å². The van der Waals surface area contributed by atoms with E-state index in [1.165, 1.54) is 0 Å². The maximum Gasteiger partial charge on any atom is 0.326 e. The minimum absolute atomic E-state index is 0.327. The molecule has 3 rings (SSSR count). The van der Waals surface area contributed by atoms with E-state index in [9.17, 15) is 4.79 Å². The van der Waals surface area contributed by atoms with E-state index in [0.717, 1.165) is 16.5 Å². The van der Waals surface area contributed by atoms with Crippen molar-refractivity contribution in [1.29, 1.82) is 0 Å². The van der Waals surface area contributed by atoms with Gasteiger partial charge in [0, 0.05) is 17.8 Å². The molecule has 0 unspecified atom stereocenters. The Hall–Kier alpha value is -2.82. The summed E-state index contributed by atoms with van der Waals surface area (Å²) >= 11 is 0. The highest BCUT2D eigenvalue weighted by Gasteiger charge is 2.06. The molecule has 0 aliphatic heterocycles. The van der Waals surface area contributed by atoms with Gasteiger partial charge < -0.3 is 10.3 Å². The number of fused-ring (bicyclic) bond motifs is 1. The molecule has 0 aliphatic rings. The highest BCUT2D eigenvalue weighted by Crippen LogP contribution is 2.22. The number of nitrogens with zero attached hydrogens (tertiary/aromatic N) is 1. The third-order valence-electron chi connectivity index (χ3n) is 2.77. The van der Waals surface area contributed by atoms with Crippen molar-refractivity contribution < 1.29 is 4.79 Å². The van der Waals surface area contributed by atoms with E-state index in [1.807, 2.05) is 42.5 Å². The Labute approximate surface area is 109 Å². The number of amides is 2. The van der Waals surface area contributed by atoms with E-state index in [0.29, 0.717) is 5.95 Å². The fourth-order valence-electron chi connectivity index (χ4n) is 1.93. The van der Waals surface area contributed by atoms with E-state index >= 15 is 0 Å². The fraction of sp³-hybridized carbons (Fsp3) is 0. The Morgan fingerprint density at radius 1 is 1.05 bits per heavy atom. The van der Waals surface area contributed by atoms with Crippen molar-refractivity contribution in [3.8, 4) is 0 Å². The average molecular weight is 252 g/mol. The van der Waals surface area contributed by atoms with Crippen molar-refractivity contribution in [2.24, 2.45) is 0 Å². The number of anilines is 2. The van der Waals surface area contributed by atoms with Gasteiger partial charge >= 0.3 is 6.03 Å². The summed E-state index contributed by atoms with van der Waals surface area (Å²) in [6, 6.07) is 13.3. The molecule has 5 heteroatoms. The number of carbonyl (C=O) groups is 1. The van der Waals surface area contributed by atoms with Crippen LogP contribution in [0.2, 0.25) is 0 Å². The topological polar surface area (TPSA) is 69.8 Å². The van der Waals surface area contributed by atoms with Crippen molar-refractivity contribution in [3.05, 3.63) is 54.9 Å². The molecule has 0 bridgehead atoms. The van der Waals surface area contributed by atoms with Crippen molar-refractivity contribution in [1.82, 2.24) is 9.97 Å². The molecule has 2 aromatic carbocycles. The van der Waals surface area contributed by atoms with E-state index in [-0.39, 0.29) is 6.03 Å². The molecule has 0 spiro atoms. The number of urea groups is 1. The number of H-pyrrole nitrogens is 1. The zero-order chi connectivity index (χ0) is 13.1.